The minimum atomic E-state index is -0.0531. The van der Waals surface area contributed by atoms with Crippen molar-refractivity contribution in [3.8, 4) is 0 Å². The van der Waals surface area contributed by atoms with Crippen LogP contribution in [0.4, 0.5) is 0 Å². The largest absolute Gasteiger partial charge is 0.353 e. The van der Waals surface area contributed by atoms with Gasteiger partial charge in [0.05, 0.1) is 6.04 Å². The van der Waals surface area contributed by atoms with Crippen molar-refractivity contribution in [2.75, 3.05) is 0 Å². The lowest BCUT2D eigenvalue weighted by atomic mass is 9.91. The molecule has 0 radical (unpaired) electrons. The summed E-state index contributed by atoms with van der Waals surface area (Å²) in [5.41, 5.74) is 8.32. The highest BCUT2D eigenvalue weighted by atomic mass is 16.1. The van der Waals surface area contributed by atoms with Gasteiger partial charge in [0.25, 0.3) is 0 Å². The second-order valence-electron chi connectivity index (χ2n) is 3.36. The van der Waals surface area contributed by atoms with Crippen LogP contribution in [0.1, 0.15) is 32.6 Å². The van der Waals surface area contributed by atoms with Crippen LogP contribution in [-0.2, 0) is 4.79 Å². The van der Waals surface area contributed by atoms with Crippen molar-refractivity contribution in [3.63, 3.8) is 0 Å². The van der Waals surface area contributed by atoms with Crippen molar-refractivity contribution in [2.45, 2.75) is 44.7 Å². The van der Waals surface area contributed by atoms with Gasteiger partial charge < -0.3 is 5.32 Å². The lowest BCUT2D eigenvalue weighted by Crippen LogP contribution is -2.43. The van der Waals surface area contributed by atoms with E-state index in [0.717, 1.165) is 25.7 Å². The number of rotatable bonds is 2. The van der Waals surface area contributed by atoms with E-state index >= 15 is 0 Å². The Balaban J connectivity index is 2.55. The first-order valence-corrected chi connectivity index (χ1v) is 4.55. The van der Waals surface area contributed by atoms with E-state index in [0.29, 0.717) is 0 Å². The minimum absolute atomic E-state index is 0.0437. The molecule has 1 fully saturated rings. The maximum Gasteiger partial charge on any atom is 0.217 e. The lowest BCUT2D eigenvalue weighted by Gasteiger charge is -2.28. The lowest BCUT2D eigenvalue weighted by molar-refractivity contribution is -0.120. The number of azide groups is 1. The van der Waals surface area contributed by atoms with Crippen LogP contribution in [-0.4, -0.2) is 18.0 Å². The number of hydrogen-bond donors (Lipinski definition) is 1. The smallest absolute Gasteiger partial charge is 0.217 e. The van der Waals surface area contributed by atoms with Crippen LogP contribution in [0.2, 0.25) is 0 Å². The summed E-state index contributed by atoms with van der Waals surface area (Å²) in [5.74, 6) is -0.0509. The van der Waals surface area contributed by atoms with E-state index in [-0.39, 0.29) is 18.0 Å². The van der Waals surface area contributed by atoms with Crippen LogP contribution < -0.4 is 5.32 Å². The summed E-state index contributed by atoms with van der Waals surface area (Å²) in [7, 11) is 0. The van der Waals surface area contributed by atoms with E-state index in [9.17, 15) is 4.79 Å². The molecule has 1 saturated carbocycles. The molecule has 5 nitrogen and oxygen atoms in total. The molecule has 0 heterocycles. The zero-order valence-electron chi connectivity index (χ0n) is 7.73. The molecule has 0 spiro atoms. The van der Waals surface area contributed by atoms with Crippen LogP contribution in [0.3, 0.4) is 0 Å². The van der Waals surface area contributed by atoms with Crippen molar-refractivity contribution < 1.29 is 4.79 Å². The second-order valence-corrected chi connectivity index (χ2v) is 3.36. The molecule has 13 heavy (non-hydrogen) atoms. The molecule has 0 aliphatic heterocycles. The van der Waals surface area contributed by atoms with Gasteiger partial charge in [0.2, 0.25) is 5.91 Å². The first kappa shape index (κ1) is 9.86. The van der Waals surface area contributed by atoms with E-state index in [1.165, 1.54) is 6.92 Å². The van der Waals surface area contributed by atoms with E-state index in [4.69, 9.17) is 5.53 Å². The van der Waals surface area contributed by atoms with Gasteiger partial charge in [0.15, 0.2) is 0 Å². The fourth-order valence-electron chi connectivity index (χ4n) is 1.75. The Morgan fingerprint density at radius 2 is 2.23 bits per heavy atom. The molecule has 5 heteroatoms. The molecule has 1 N–H and O–H groups in total. The van der Waals surface area contributed by atoms with Gasteiger partial charge in [-0.15, -0.1) is 0 Å². The maximum absolute atomic E-state index is 10.8. The summed E-state index contributed by atoms with van der Waals surface area (Å²) >= 11 is 0. The quantitative estimate of drug-likeness (QED) is 0.394. The van der Waals surface area contributed by atoms with Crippen molar-refractivity contribution in [1.82, 2.24) is 5.32 Å². The third kappa shape index (κ3) is 2.95. The third-order valence-electron chi connectivity index (χ3n) is 2.32. The first-order chi connectivity index (χ1) is 6.24. The van der Waals surface area contributed by atoms with E-state index in [1.807, 2.05) is 0 Å². The van der Waals surface area contributed by atoms with Gasteiger partial charge in [0, 0.05) is 17.9 Å². The Kier molecular flexibility index (Phi) is 3.58. The first-order valence-electron chi connectivity index (χ1n) is 4.55. The summed E-state index contributed by atoms with van der Waals surface area (Å²) in [4.78, 5) is 13.6. The average molecular weight is 182 g/mol. The fraction of sp³-hybridized carbons (Fsp3) is 0.875. The fourth-order valence-corrected chi connectivity index (χ4v) is 1.75. The standard InChI is InChI=1S/C8H14N4O/c1-6(13)10-7-4-2-3-5-8(7)11-12-9/h7-8H,2-5H2,1H3,(H,10,13)/t7-,8-/m0/s1. The molecule has 0 saturated heterocycles. The van der Waals surface area contributed by atoms with Crippen molar-refractivity contribution in [1.29, 1.82) is 0 Å². The molecule has 1 aliphatic carbocycles. The highest BCUT2D eigenvalue weighted by molar-refractivity contribution is 5.73. The van der Waals surface area contributed by atoms with Crippen molar-refractivity contribution >= 4 is 5.91 Å². The Morgan fingerprint density at radius 1 is 1.54 bits per heavy atom. The van der Waals surface area contributed by atoms with Gasteiger partial charge in [-0.2, -0.15) is 0 Å². The Bertz CT molecular complexity index is 234. The van der Waals surface area contributed by atoms with Crippen LogP contribution in [0.25, 0.3) is 10.4 Å². The van der Waals surface area contributed by atoms with E-state index in [2.05, 4.69) is 15.3 Å². The van der Waals surface area contributed by atoms with E-state index in [1.54, 1.807) is 0 Å². The molecular formula is C8H14N4O. The normalized spacial score (nSPS) is 27.5. The number of carbonyl (C=O) groups is 1. The average Bonchev–Trinajstić information content (AvgIpc) is 2.08. The molecule has 1 aliphatic rings. The van der Waals surface area contributed by atoms with E-state index < -0.39 is 0 Å². The van der Waals surface area contributed by atoms with Crippen LogP contribution in [0.15, 0.2) is 5.11 Å². The topological polar surface area (TPSA) is 77.9 Å². The summed E-state index contributed by atoms with van der Waals surface area (Å²) in [6.07, 6.45) is 3.99. The van der Waals surface area contributed by atoms with Crippen LogP contribution in [0, 0.1) is 0 Å². The number of carbonyl (C=O) groups excluding carboxylic acids is 1. The van der Waals surface area contributed by atoms with Crippen LogP contribution >= 0.6 is 0 Å². The molecule has 2 atom stereocenters. The molecule has 0 unspecified atom stereocenters. The number of amides is 1. The second kappa shape index (κ2) is 4.72. The summed E-state index contributed by atoms with van der Waals surface area (Å²) in [6, 6.07) is -0.00944. The molecule has 0 aromatic heterocycles. The highest BCUT2D eigenvalue weighted by Gasteiger charge is 2.24. The van der Waals surface area contributed by atoms with Gasteiger partial charge in [-0.1, -0.05) is 18.0 Å². The predicted molar refractivity (Wildman–Crippen MR) is 49.0 cm³/mol. The summed E-state index contributed by atoms with van der Waals surface area (Å²) in [5, 5.41) is 6.50. The number of nitrogens with zero attached hydrogens (tertiary/aromatic N) is 3. The highest BCUT2D eigenvalue weighted by Crippen LogP contribution is 2.21. The number of hydrogen-bond acceptors (Lipinski definition) is 2. The molecule has 1 rings (SSSR count). The Morgan fingerprint density at radius 3 is 2.85 bits per heavy atom. The van der Waals surface area contributed by atoms with Gasteiger partial charge >= 0.3 is 0 Å². The van der Waals surface area contributed by atoms with Gasteiger partial charge in [-0.25, -0.2) is 0 Å². The Labute approximate surface area is 77.1 Å². The van der Waals surface area contributed by atoms with Crippen molar-refractivity contribution in [3.05, 3.63) is 10.4 Å². The minimum Gasteiger partial charge on any atom is -0.353 e. The Hall–Kier alpha value is -1.22. The molecule has 0 bridgehead atoms. The molecular weight excluding hydrogens is 168 g/mol. The molecule has 0 aromatic carbocycles. The monoisotopic (exact) mass is 182 g/mol. The SMILES string of the molecule is CC(=O)N[C@H]1CCCC[C@@H]1N=[N+]=[N-]. The molecule has 0 aromatic rings. The van der Waals surface area contributed by atoms with Crippen molar-refractivity contribution in [2.24, 2.45) is 5.11 Å². The zero-order valence-corrected chi connectivity index (χ0v) is 7.73. The van der Waals surface area contributed by atoms with Gasteiger partial charge in [-0.3, -0.25) is 4.79 Å². The van der Waals surface area contributed by atoms with Crippen LogP contribution in [0.5, 0.6) is 0 Å². The summed E-state index contributed by atoms with van der Waals surface area (Å²) in [6.45, 7) is 1.49. The van der Waals surface area contributed by atoms with Gasteiger partial charge in [-0.05, 0) is 18.4 Å². The maximum atomic E-state index is 10.8. The number of nitrogens with one attached hydrogen (secondary N) is 1. The molecule has 1 amide bonds. The zero-order chi connectivity index (χ0) is 9.68. The molecule has 72 valence electrons. The predicted octanol–water partition coefficient (Wildman–Crippen LogP) is 1.74. The van der Waals surface area contributed by atoms with Gasteiger partial charge in [0.1, 0.15) is 0 Å². The summed E-state index contributed by atoms with van der Waals surface area (Å²) < 4.78 is 0. The third-order valence-corrected chi connectivity index (χ3v) is 2.32.